The van der Waals surface area contributed by atoms with Gasteiger partial charge in [-0.05, 0) is 35.7 Å². The van der Waals surface area contributed by atoms with E-state index in [1.165, 1.54) is 5.56 Å². The average Bonchev–Trinajstić information content (AvgIpc) is 2.68. The first-order valence-electron chi connectivity index (χ1n) is 5.06. The fraction of sp³-hybridized carbons (Fsp3) is 0.636. The first-order chi connectivity index (χ1) is 7.20. The molecule has 0 aromatic carbocycles. The lowest BCUT2D eigenvalue weighted by molar-refractivity contribution is 0.0970. The van der Waals surface area contributed by atoms with Crippen LogP contribution in [0.3, 0.4) is 0 Å². The van der Waals surface area contributed by atoms with E-state index in [2.05, 4.69) is 29.1 Å². The summed E-state index contributed by atoms with van der Waals surface area (Å²) >= 11 is 1.70. The molecule has 15 heavy (non-hydrogen) atoms. The van der Waals surface area contributed by atoms with E-state index < -0.39 is 0 Å². The van der Waals surface area contributed by atoms with Crippen LogP contribution in [0.2, 0.25) is 0 Å². The summed E-state index contributed by atoms with van der Waals surface area (Å²) in [5.41, 5.74) is 1.13. The van der Waals surface area contributed by atoms with Gasteiger partial charge in [-0.1, -0.05) is 0 Å². The summed E-state index contributed by atoms with van der Waals surface area (Å²) in [6.07, 6.45) is 0.699. The van der Waals surface area contributed by atoms with Crippen LogP contribution in [0, 0.1) is 0 Å². The van der Waals surface area contributed by atoms with Crippen molar-refractivity contribution < 1.29 is 9.84 Å². The zero-order valence-electron chi connectivity index (χ0n) is 9.32. The molecule has 1 rings (SSSR count). The van der Waals surface area contributed by atoms with Crippen LogP contribution in [0.1, 0.15) is 18.9 Å². The highest BCUT2D eigenvalue weighted by atomic mass is 32.1. The Bertz CT molecular complexity index is 256. The molecule has 4 heteroatoms. The molecule has 1 aromatic rings. The van der Waals surface area contributed by atoms with E-state index in [0.29, 0.717) is 13.0 Å². The molecule has 0 saturated carbocycles. The first-order valence-corrected chi connectivity index (χ1v) is 6.00. The van der Waals surface area contributed by atoms with E-state index in [4.69, 9.17) is 9.84 Å². The zero-order chi connectivity index (χ0) is 11.1. The van der Waals surface area contributed by atoms with Crippen LogP contribution in [-0.4, -0.2) is 31.0 Å². The van der Waals surface area contributed by atoms with Gasteiger partial charge >= 0.3 is 0 Å². The van der Waals surface area contributed by atoms with Crippen LogP contribution in [0.5, 0.6) is 0 Å². The number of hydrogen-bond donors (Lipinski definition) is 2. The van der Waals surface area contributed by atoms with E-state index in [1.54, 1.807) is 18.4 Å². The van der Waals surface area contributed by atoms with Crippen LogP contribution < -0.4 is 5.32 Å². The molecular formula is C11H19NO2S. The lowest BCUT2D eigenvalue weighted by Crippen LogP contribution is -2.46. The van der Waals surface area contributed by atoms with Crippen molar-refractivity contribution in [1.29, 1.82) is 0 Å². The molecule has 3 nitrogen and oxygen atoms in total. The van der Waals surface area contributed by atoms with Crippen LogP contribution in [0.15, 0.2) is 16.8 Å². The highest BCUT2D eigenvalue weighted by molar-refractivity contribution is 7.07. The van der Waals surface area contributed by atoms with E-state index in [-0.39, 0.29) is 12.1 Å². The van der Waals surface area contributed by atoms with Gasteiger partial charge in [-0.15, -0.1) is 0 Å². The molecule has 2 N–H and O–H groups in total. The smallest absolute Gasteiger partial charge is 0.0642 e. The van der Waals surface area contributed by atoms with Crippen LogP contribution in [-0.2, 0) is 11.3 Å². The molecular weight excluding hydrogens is 210 g/mol. The largest absolute Gasteiger partial charge is 0.396 e. The maximum Gasteiger partial charge on any atom is 0.0642 e. The molecule has 0 radical (unpaired) electrons. The number of nitrogens with one attached hydrogen (secondary N) is 1. The first kappa shape index (κ1) is 12.6. The van der Waals surface area contributed by atoms with Gasteiger partial charge in [0.1, 0.15) is 0 Å². The van der Waals surface area contributed by atoms with Gasteiger partial charge in [-0.25, -0.2) is 0 Å². The van der Waals surface area contributed by atoms with Crippen LogP contribution in [0.25, 0.3) is 0 Å². The molecule has 86 valence electrons. The van der Waals surface area contributed by atoms with E-state index in [1.807, 2.05) is 0 Å². The fourth-order valence-electron chi connectivity index (χ4n) is 1.49. The van der Waals surface area contributed by atoms with Gasteiger partial charge in [0.15, 0.2) is 0 Å². The molecule has 1 unspecified atom stereocenters. The maximum absolute atomic E-state index is 8.99. The maximum atomic E-state index is 8.99. The number of hydrogen-bond acceptors (Lipinski definition) is 4. The van der Waals surface area contributed by atoms with Gasteiger partial charge in [-0.2, -0.15) is 11.3 Å². The second kappa shape index (κ2) is 6.23. The van der Waals surface area contributed by atoms with Crippen molar-refractivity contribution in [2.45, 2.75) is 25.4 Å². The molecule has 1 atom stereocenters. The minimum atomic E-state index is -0.147. The number of ether oxygens (including phenoxy) is 1. The number of aliphatic hydroxyl groups excluding tert-OH is 1. The highest BCUT2D eigenvalue weighted by Crippen LogP contribution is 2.12. The lowest BCUT2D eigenvalue weighted by Gasteiger charge is -2.29. The fourth-order valence-corrected chi connectivity index (χ4v) is 2.15. The van der Waals surface area contributed by atoms with Crippen molar-refractivity contribution in [2.75, 3.05) is 20.3 Å². The number of thiophene rings is 1. The van der Waals surface area contributed by atoms with E-state index in [9.17, 15) is 0 Å². The second-order valence-electron chi connectivity index (χ2n) is 3.95. The van der Waals surface area contributed by atoms with Crippen molar-refractivity contribution in [1.82, 2.24) is 5.32 Å². The molecule has 0 aliphatic rings. The monoisotopic (exact) mass is 229 g/mol. The van der Waals surface area contributed by atoms with Gasteiger partial charge in [0.2, 0.25) is 0 Å². The van der Waals surface area contributed by atoms with Crippen molar-refractivity contribution in [3.63, 3.8) is 0 Å². The zero-order valence-corrected chi connectivity index (χ0v) is 10.1. The third kappa shape index (κ3) is 4.30. The standard InChI is InChI=1S/C11H19NO2S/c1-11(4-5-13,9-14-2)12-7-10-3-6-15-8-10/h3,6,8,12-13H,4-5,7,9H2,1-2H3. The van der Waals surface area contributed by atoms with Crippen LogP contribution >= 0.6 is 11.3 Å². The summed E-state index contributed by atoms with van der Waals surface area (Å²) in [6.45, 7) is 3.68. The molecule has 1 heterocycles. The molecule has 0 aliphatic carbocycles. The molecule has 0 aliphatic heterocycles. The molecule has 0 saturated heterocycles. The quantitative estimate of drug-likeness (QED) is 0.746. The Kier molecular flexibility index (Phi) is 5.25. The second-order valence-corrected chi connectivity index (χ2v) is 4.73. The lowest BCUT2D eigenvalue weighted by atomic mass is 9.99. The number of aliphatic hydroxyl groups is 1. The van der Waals surface area contributed by atoms with E-state index in [0.717, 1.165) is 6.54 Å². The third-order valence-electron chi connectivity index (χ3n) is 2.43. The Morgan fingerprint density at radius 3 is 2.93 bits per heavy atom. The summed E-state index contributed by atoms with van der Waals surface area (Å²) < 4.78 is 5.16. The van der Waals surface area contributed by atoms with Gasteiger partial charge in [0.25, 0.3) is 0 Å². The van der Waals surface area contributed by atoms with Gasteiger partial charge in [-0.3, -0.25) is 0 Å². The van der Waals surface area contributed by atoms with E-state index >= 15 is 0 Å². The van der Waals surface area contributed by atoms with Gasteiger partial charge in [0, 0.05) is 25.8 Å². The molecule has 0 fully saturated rings. The SMILES string of the molecule is COCC(C)(CCO)NCc1ccsc1. The van der Waals surface area contributed by atoms with Gasteiger partial charge < -0.3 is 15.2 Å². The Morgan fingerprint density at radius 1 is 1.60 bits per heavy atom. The number of methoxy groups -OCH3 is 1. The van der Waals surface area contributed by atoms with Gasteiger partial charge in [0.05, 0.1) is 6.61 Å². The Hall–Kier alpha value is -0.420. The van der Waals surface area contributed by atoms with Crippen LogP contribution in [0.4, 0.5) is 0 Å². The summed E-state index contributed by atoms with van der Waals surface area (Å²) in [6, 6.07) is 2.10. The summed E-state index contributed by atoms with van der Waals surface area (Å²) in [5, 5.41) is 16.6. The summed E-state index contributed by atoms with van der Waals surface area (Å²) in [7, 11) is 1.68. The molecule has 0 spiro atoms. The van der Waals surface area contributed by atoms with Crippen molar-refractivity contribution in [2.24, 2.45) is 0 Å². The third-order valence-corrected chi connectivity index (χ3v) is 3.16. The summed E-state index contributed by atoms with van der Waals surface area (Å²) in [4.78, 5) is 0. The highest BCUT2D eigenvalue weighted by Gasteiger charge is 2.22. The Balaban J connectivity index is 2.43. The number of rotatable bonds is 7. The van der Waals surface area contributed by atoms with Crippen molar-refractivity contribution >= 4 is 11.3 Å². The van der Waals surface area contributed by atoms with Crippen molar-refractivity contribution in [3.8, 4) is 0 Å². The molecule has 0 bridgehead atoms. The minimum Gasteiger partial charge on any atom is -0.396 e. The predicted molar refractivity (Wildman–Crippen MR) is 63.1 cm³/mol. The summed E-state index contributed by atoms with van der Waals surface area (Å²) in [5.74, 6) is 0. The topological polar surface area (TPSA) is 41.5 Å². The molecule has 0 amide bonds. The van der Waals surface area contributed by atoms with Crippen molar-refractivity contribution in [3.05, 3.63) is 22.4 Å². The average molecular weight is 229 g/mol. The minimum absolute atomic E-state index is 0.147. The Morgan fingerprint density at radius 2 is 2.40 bits per heavy atom. The predicted octanol–water partition coefficient (Wildman–Crippen LogP) is 1.63. The Labute approximate surface area is 95.1 Å². The normalized spacial score (nSPS) is 15.1. The molecule has 1 aromatic heterocycles.